The second-order valence-electron chi connectivity index (χ2n) is 5.31. The molecule has 0 aliphatic carbocycles. The first kappa shape index (κ1) is 15.2. The van der Waals surface area contributed by atoms with Crippen LogP contribution in [0.4, 0.5) is 5.69 Å². The Morgan fingerprint density at radius 1 is 1.10 bits per heavy atom. The lowest BCUT2D eigenvalue weighted by atomic mass is 10.1. The molecule has 2 aromatic carbocycles. The SMILES string of the molecule is CCCOc1cccc(NCc2cc(C)c(O)c(C)c2)c1. The van der Waals surface area contributed by atoms with Crippen LogP contribution in [0, 0.1) is 13.8 Å². The highest BCUT2D eigenvalue weighted by Crippen LogP contribution is 2.24. The Bertz CT molecular complexity index is 585. The van der Waals surface area contributed by atoms with Gasteiger partial charge >= 0.3 is 0 Å². The summed E-state index contributed by atoms with van der Waals surface area (Å²) in [4.78, 5) is 0. The average molecular weight is 285 g/mol. The lowest BCUT2D eigenvalue weighted by Crippen LogP contribution is -2.01. The van der Waals surface area contributed by atoms with Gasteiger partial charge in [0, 0.05) is 18.3 Å². The topological polar surface area (TPSA) is 41.5 Å². The highest BCUT2D eigenvalue weighted by atomic mass is 16.5. The van der Waals surface area contributed by atoms with E-state index in [0.29, 0.717) is 5.75 Å². The Kier molecular flexibility index (Phi) is 5.09. The summed E-state index contributed by atoms with van der Waals surface area (Å²) in [6.45, 7) is 7.40. The summed E-state index contributed by atoms with van der Waals surface area (Å²) >= 11 is 0. The van der Waals surface area contributed by atoms with Crippen molar-refractivity contribution in [2.45, 2.75) is 33.7 Å². The Morgan fingerprint density at radius 3 is 2.48 bits per heavy atom. The number of phenolic OH excluding ortho intramolecular Hbond substituents is 1. The minimum absolute atomic E-state index is 0.383. The number of benzene rings is 2. The standard InChI is InChI=1S/C18H23NO2/c1-4-8-21-17-7-5-6-16(11-17)19-12-15-9-13(2)18(20)14(3)10-15/h5-7,9-11,19-20H,4,8,12H2,1-3H3. The third kappa shape index (κ3) is 4.15. The average Bonchev–Trinajstić information content (AvgIpc) is 2.49. The van der Waals surface area contributed by atoms with Crippen molar-refractivity contribution in [2.75, 3.05) is 11.9 Å². The molecule has 2 rings (SSSR count). The molecule has 0 radical (unpaired) electrons. The third-order valence-electron chi connectivity index (χ3n) is 3.35. The molecule has 0 saturated heterocycles. The van der Waals surface area contributed by atoms with Crippen molar-refractivity contribution in [3.8, 4) is 11.5 Å². The van der Waals surface area contributed by atoms with Crippen molar-refractivity contribution in [1.29, 1.82) is 0 Å². The number of hydrogen-bond donors (Lipinski definition) is 2. The van der Waals surface area contributed by atoms with Crippen LogP contribution in [0.5, 0.6) is 11.5 Å². The summed E-state index contributed by atoms with van der Waals surface area (Å²) in [5.41, 5.74) is 4.01. The van der Waals surface area contributed by atoms with Gasteiger partial charge in [-0.3, -0.25) is 0 Å². The number of phenols is 1. The molecule has 3 nitrogen and oxygen atoms in total. The van der Waals surface area contributed by atoms with E-state index in [9.17, 15) is 5.11 Å². The Balaban J connectivity index is 2.03. The van der Waals surface area contributed by atoms with Crippen molar-refractivity contribution in [3.05, 3.63) is 53.1 Å². The van der Waals surface area contributed by atoms with Gasteiger partial charge < -0.3 is 15.2 Å². The molecule has 0 spiro atoms. The molecule has 0 aromatic heterocycles. The molecule has 0 aliphatic rings. The highest BCUT2D eigenvalue weighted by molar-refractivity contribution is 5.49. The van der Waals surface area contributed by atoms with E-state index in [-0.39, 0.29) is 0 Å². The fourth-order valence-corrected chi connectivity index (χ4v) is 2.27. The first-order chi connectivity index (χ1) is 10.1. The normalized spacial score (nSPS) is 10.4. The Hall–Kier alpha value is -2.16. The van der Waals surface area contributed by atoms with E-state index in [1.165, 1.54) is 0 Å². The molecular formula is C18H23NO2. The number of rotatable bonds is 6. The molecule has 21 heavy (non-hydrogen) atoms. The van der Waals surface area contributed by atoms with Gasteiger partial charge in [0.05, 0.1) is 6.61 Å². The van der Waals surface area contributed by atoms with Crippen molar-refractivity contribution >= 4 is 5.69 Å². The van der Waals surface area contributed by atoms with Gasteiger partial charge in [0.1, 0.15) is 11.5 Å². The van der Waals surface area contributed by atoms with Gasteiger partial charge in [-0.15, -0.1) is 0 Å². The lowest BCUT2D eigenvalue weighted by Gasteiger charge is -2.11. The van der Waals surface area contributed by atoms with E-state index < -0.39 is 0 Å². The van der Waals surface area contributed by atoms with Crippen LogP contribution in [-0.4, -0.2) is 11.7 Å². The number of hydrogen-bond acceptors (Lipinski definition) is 3. The summed E-state index contributed by atoms with van der Waals surface area (Å²) in [5, 5.41) is 13.2. The summed E-state index contributed by atoms with van der Waals surface area (Å²) in [5.74, 6) is 1.27. The predicted molar refractivity (Wildman–Crippen MR) is 87.1 cm³/mol. The van der Waals surface area contributed by atoms with Gasteiger partial charge in [0.2, 0.25) is 0 Å². The van der Waals surface area contributed by atoms with E-state index >= 15 is 0 Å². The quantitative estimate of drug-likeness (QED) is 0.826. The van der Waals surface area contributed by atoms with Crippen LogP contribution in [0.25, 0.3) is 0 Å². The molecule has 0 aliphatic heterocycles. The van der Waals surface area contributed by atoms with Crippen molar-refractivity contribution in [3.63, 3.8) is 0 Å². The van der Waals surface area contributed by atoms with Gasteiger partial charge in [-0.05, 0) is 49.1 Å². The van der Waals surface area contributed by atoms with Crippen LogP contribution in [-0.2, 0) is 6.54 Å². The molecule has 2 N–H and O–H groups in total. The second kappa shape index (κ2) is 7.02. The van der Waals surface area contributed by atoms with Gasteiger partial charge in [0.15, 0.2) is 0 Å². The fraction of sp³-hybridized carbons (Fsp3) is 0.333. The van der Waals surface area contributed by atoms with Gasteiger partial charge in [-0.1, -0.05) is 25.1 Å². The molecule has 0 unspecified atom stereocenters. The summed E-state index contributed by atoms with van der Waals surface area (Å²) in [7, 11) is 0. The van der Waals surface area contributed by atoms with Crippen LogP contribution in [0.1, 0.15) is 30.0 Å². The van der Waals surface area contributed by atoms with Crippen LogP contribution in [0.15, 0.2) is 36.4 Å². The number of nitrogens with one attached hydrogen (secondary N) is 1. The number of aryl methyl sites for hydroxylation is 2. The predicted octanol–water partition coefficient (Wildman–Crippen LogP) is 4.41. The molecular weight excluding hydrogens is 262 g/mol. The zero-order valence-electron chi connectivity index (χ0n) is 12.9. The van der Waals surface area contributed by atoms with Crippen LogP contribution >= 0.6 is 0 Å². The zero-order valence-corrected chi connectivity index (χ0v) is 12.9. The van der Waals surface area contributed by atoms with Gasteiger partial charge in [-0.25, -0.2) is 0 Å². The molecule has 3 heteroatoms. The Morgan fingerprint density at radius 2 is 1.81 bits per heavy atom. The molecule has 112 valence electrons. The summed E-state index contributed by atoms with van der Waals surface area (Å²) < 4.78 is 5.63. The minimum Gasteiger partial charge on any atom is -0.507 e. The molecule has 0 atom stereocenters. The number of anilines is 1. The summed E-state index contributed by atoms with van der Waals surface area (Å²) in [6, 6.07) is 12.0. The smallest absolute Gasteiger partial charge is 0.121 e. The molecule has 0 bridgehead atoms. The highest BCUT2D eigenvalue weighted by Gasteiger charge is 2.03. The fourth-order valence-electron chi connectivity index (χ4n) is 2.27. The van der Waals surface area contributed by atoms with Gasteiger partial charge in [0.25, 0.3) is 0 Å². The second-order valence-corrected chi connectivity index (χ2v) is 5.31. The van der Waals surface area contributed by atoms with Crippen LogP contribution < -0.4 is 10.1 Å². The molecule has 0 saturated carbocycles. The Labute approximate surface area is 126 Å². The van der Waals surface area contributed by atoms with Crippen molar-refractivity contribution in [1.82, 2.24) is 0 Å². The van der Waals surface area contributed by atoms with Crippen LogP contribution in [0.3, 0.4) is 0 Å². The maximum atomic E-state index is 9.80. The number of aromatic hydroxyl groups is 1. The van der Waals surface area contributed by atoms with E-state index in [1.54, 1.807) is 0 Å². The largest absolute Gasteiger partial charge is 0.507 e. The minimum atomic E-state index is 0.383. The molecule has 0 fully saturated rings. The zero-order chi connectivity index (χ0) is 15.2. The maximum Gasteiger partial charge on any atom is 0.121 e. The monoisotopic (exact) mass is 285 g/mol. The molecule has 0 heterocycles. The molecule has 0 amide bonds. The van der Waals surface area contributed by atoms with E-state index in [0.717, 1.165) is 47.7 Å². The summed E-state index contributed by atoms with van der Waals surface area (Å²) in [6.07, 6.45) is 1.00. The van der Waals surface area contributed by atoms with Crippen molar-refractivity contribution in [2.24, 2.45) is 0 Å². The van der Waals surface area contributed by atoms with E-state index in [2.05, 4.69) is 12.2 Å². The first-order valence-corrected chi connectivity index (χ1v) is 7.36. The maximum absolute atomic E-state index is 9.80. The van der Waals surface area contributed by atoms with E-state index in [1.807, 2.05) is 50.2 Å². The third-order valence-corrected chi connectivity index (χ3v) is 3.35. The van der Waals surface area contributed by atoms with Crippen LogP contribution in [0.2, 0.25) is 0 Å². The lowest BCUT2D eigenvalue weighted by molar-refractivity contribution is 0.317. The first-order valence-electron chi connectivity index (χ1n) is 7.36. The van der Waals surface area contributed by atoms with E-state index in [4.69, 9.17) is 4.74 Å². The molecule has 2 aromatic rings. The van der Waals surface area contributed by atoms with Crippen molar-refractivity contribution < 1.29 is 9.84 Å². The number of ether oxygens (including phenoxy) is 1. The van der Waals surface area contributed by atoms with Gasteiger partial charge in [-0.2, -0.15) is 0 Å².